The Kier molecular flexibility index (Phi) is 8.20. The Hall–Kier alpha value is -7.88. The first-order chi connectivity index (χ1) is 30.5. The second-order valence-corrected chi connectivity index (χ2v) is 17.0. The third-order valence-corrected chi connectivity index (χ3v) is 13.1. The molecule has 62 heavy (non-hydrogen) atoms. The molecule has 1 heterocycles. The van der Waals surface area contributed by atoms with Crippen LogP contribution in [0.4, 0.5) is 0 Å². The predicted molar refractivity (Wildman–Crippen MR) is 259 cm³/mol. The zero-order valence-electron chi connectivity index (χ0n) is 34.5. The van der Waals surface area contributed by atoms with Crippen molar-refractivity contribution in [2.24, 2.45) is 0 Å². The predicted octanol–water partition coefficient (Wildman–Crippen LogP) is 15.4. The molecule has 0 bridgehead atoms. The van der Waals surface area contributed by atoms with Crippen LogP contribution in [-0.2, 0) is 5.41 Å². The van der Waals surface area contributed by atoms with E-state index in [1.807, 2.05) is 12.1 Å². The summed E-state index contributed by atoms with van der Waals surface area (Å²) in [5.74, 6) is 1.61. The average Bonchev–Trinajstić information content (AvgIpc) is 3.87. The Morgan fingerprint density at radius 3 is 1.48 bits per heavy atom. The van der Waals surface area contributed by atoms with E-state index in [1.54, 1.807) is 0 Å². The smallest absolute Gasteiger partial charge is 0.168 e. The van der Waals surface area contributed by atoms with Gasteiger partial charge in [0.05, 0.1) is 0 Å². The van der Waals surface area contributed by atoms with E-state index in [1.165, 1.54) is 82.4 Å². The number of hydrogen-bond acceptors (Lipinski definition) is 2. The van der Waals surface area contributed by atoms with Gasteiger partial charge in [-0.2, -0.15) is 0 Å². The summed E-state index contributed by atoms with van der Waals surface area (Å²) in [4.78, 5) is 0. The molecular formula is C59H41N3. The summed E-state index contributed by atoms with van der Waals surface area (Å²) in [7, 11) is 0. The molecule has 0 N–H and O–H groups in total. The monoisotopic (exact) mass is 791 g/mol. The number of benzene rings is 10. The second-order valence-electron chi connectivity index (χ2n) is 17.0. The molecule has 12 rings (SSSR count). The topological polar surface area (TPSA) is 30.7 Å². The Bertz CT molecular complexity index is 3450. The molecule has 10 aromatic carbocycles. The molecule has 292 valence electrons. The highest BCUT2D eigenvalue weighted by Crippen LogP contribution is 2.53. The van der Waals surface area contributed by atoms with Gasteiger partial charge in [0.1, 0.15) is 0 Å². The fourth-order valence-electron chi connectivity index (χ4n) is 10.0. The summed E-state index contributed by atoms with van der Waals surface area (Å²) in [5, 5.41) is 17.0. The molecule has 0 saturated carbocycles. The summed E-state index contributed by atoms with van der Waals surface area (Å²) in [6.07, 6.45) is 0. The van der Waals surface area contributed by atoms with Gasteiger partial charge in [0.25, 0.3) is 0 Å². The fraction of sp³-hybridized carbons (Fsp3) is 0.0508. The van der Waals surface area contributed by atoms with Crippen LogP contribution in [0, 0.1) is 0 Å². The van der Waals surface area contributed by atoms with E-state index in [0.29, 0.717) is 0 Å². The summed E-state index contributed by atoms with van der Waals surface area (Å²) < 4.78 is 2.18. The molecule has 1 aliphatic rings. The Labute approximate surface area is 361 Å². The first kappa shape index (κ1) is 36.0. The molecule has 3 nitrogen and oxygen atoms in total. The molecule has 1 aliphatic carbocycles. The van der Waals surface area contributed by atoms with Gasteiger partial charge in [-0.3, -0.25) is 4.57 Å². The minimum Gasteiger partial charge on any atom is -0.275 e. The van der Waals surface area contributed by atoms with Crippen molar-refractivity contribution < 1.29 is 0 Å². The number of fused-ring (bicyclic) bond motifs is 6. The van der Waals surface area contributed by atoms with E-state index in [2.05, 4.69) is 219 Å². The van der Waals surface area contributed by atoms with Crippen LogP contribution in [0.25, 0.3) is 105 Å². The minimum absolute atomic E-state index is 0.142. The van der Waals surface area contributed by atoms with Crippen molar-refractivity contribution in [2.75, 3.05) is 0 Å². The Morgan fingerprint density at radius 1 is 0.339 bits per heavy atom. The van der Waals surface area contributed by atoms with Crippen molar-refractivity contribution in [1.29, 1.82) is 0 Å². The maximum Gasteiger partial charge on any atom is 0.168 e. The second kappa shape index (κ2) is 14.1. The summed E-state index contributed by atoms with van der Waals surface area (Å²) in [5.41, 5.74) is 15.6. The lowest BCUT2D eigenvalue weighted by atomic mass is 9.79. The van der Waals surface area contributed by atoms with Crippen molar-refractivity contribution in [3.63, 3.8) is 0 Å². The fourth-order valence-corrected chi connectivity index (χ4v) is 10.0. The van der Waals surface area contributed by atoms with Crippen molar-refractivity contribution in [2.45, 2.75) is 19.3 Å². The van der Waals surface area contributed by atoms with Crippen molar-refractivity contribution >= 4 is 32.3 Å². The van der Waals surface area contributed by atoms with Crippen LogP contribution in [0.2, 0.25) is 0 Å². The Balaban J connectivity index is 1.07. The quantitative estimate of drug-likeness (QED) is 0.157. The van der Waals surface area contributed by atoms with Crippen LogP contribution in [0.15, 0.2) is 212 Å². The number of aromatic nitrogens is 3. The molecule has 0 aliphatic heterocycles. The van der Waals surface area contributed by atoms with Gasteiger partial charge in [-0.25, -0.2) is 0 Å². The normalized spacial score (nSPS) is 12.8. The van der Waals surface area contributed by atoms with E-state index in [9.17, 15) is 0 Å². The number of hydrogen-bond donors (Lipinski definition) is 0. The standard InChI is InChI=1S/C59H41N3/c1-59(2)53-24-14-13-21-47(53)50-36-51-52(37-54(50)59)56(40-28-25-39(26-29-40)45-30-27-38-15-9-10-20-44(38)35-45)49-23-12-11-22-48(49)55(51)41-31-33-46(34-32-41)62-57(42-16-5-3-6-17-42)60-61-58(62)43-18-7-4-8-19-43/h3-37H,1-2H3. The van der Waals surface area contributed by atoms with Gasteiger partial charge in [-0.05, 0) is 118 Å². The van der Waals surface area contributed by atoms with Gasteiger partial charge in [0.2, 0.25) is 0 Å². The van der Waals surface area contributed by atoms with Crippen LogP contribution in [0.3, 0.4) is 0 Å². The third-order valence-electron chi connectivity index (χ3n) is 13.1. The van der Waals surface area contributed by atoms with Gasteiger partial charge >= 0.3 is 0 Å². The SMILES string of the molecule is CC1(C)c2ccccc2-c2cc3c(-c4ccc(-n5c(-c6ccccc6)nnc5-c5ccccc5)cc4)c4ccccc4c(-c4ccc(-c5ccc6ccccc6c5)cc4)c3cc21. The summed E-state index contributed by atoms with van der Waals surface area (Å²) >= 11 is 0. The molecule has 0 spiro atoms. The maximum atomic E-state index is 4.75. The highest BCUT2D eigenvalue weighted by Gasteiger charge is 2.36. The van der Waals surface area contributed by atoms with E-state index < -0.39 is 0 Å². The lowest BCUT2D eigenvalue weighted by Gasteiger charge is -2.24. The average molecular weight is 792 g/mol. The van der Waals surface area contributed by atoms with Crippen LogP contribution >= 0.6 is 0 Å². The van der Waals surface area contributed by atoms with Crippen molar-refractivity contribution in [3.8, 4) is 73.0 Å². The van der Waals surface area contributed by atoms with Crippen LogP contribution in [0.5, 0.6) is 0 Å². The number of rotatable bonds is 6. The molecule has 0 unspecified atom stereocenters. The zero-order valence-corrected chi connectivity index (χ0v) is 34.5. The van der Waals surface area contributed by atoms with Gasteiger partial charge in [-0.15, -0.1) is 10.2 Å². The summed E-state index contributed by atoms with van der Waals surface area (Å²) in [6, 6.07) is 77.2. The van der Waals surface area contributed by atoms with Gasteiger partial charge in [0.15, 0.2) is 11.6 Å². The van der Waals surface area contributed by atoms with Crippen LogP contribution < -0.4 is 0 Å². The zero-order chi connectivity index (χ0) is 41.4. The van der Waals surface area contributed by atoms with Gasteiger partial charge < -0.3 is 0 Å². The molecule has 11 aromatic rings. The molecule has 0 saturated heterocycles. The highest BCUT2D eigenvalue weighted by atomic mass is 15.3. The largest absolute Gasteiger partial charge is 0.275 e. The van der Waals surface area contributed by atoms with Crippen LogP contribution in [-0.4, -0.2) is 14.8 Å². The van der Waals surface area contributed by atoms with Gasteiger partial charge in [0, 0.05) is 22.2 Å². The molecule has 3 heteroatoms. The van der Waals surface area contributed by atoms with E-state index in [0.717, 1.165) is 34.0 Å². The van der Waals surface area contributed by atoms with E-state index >= 15 is 0 Å². The molecular weight excluding hydrogens is 751 g/mol. The molecule has 0 atom stereocenters. The lowest BCUT2D eigenvalue weighted by molar-refractivity contribution is 0.661. The minimum atomic E-state index is -0.142. The molecule has 0 radical (unpaired) electrons. The summed E-state index contributed by atoms with van der Waals surface area (Å²) in [6.45, 7) is 4.75. The van der Waals surface area contributed by atoms with Crippen molar-refractivity contribution in [1.82, 2.24) is 14.8 Å². The lowest BCUT2D eigenvalue weighted by Crippen LogP contribution is -2.14. The third kappa shape index (κ3) is 5.66. The van der Waals surface area contributed by atoms with Gasteiger partial charge in [-0.1, -0.05) is 196 Å². The van der Waals surface area contributed by atoms with Crippen molar-refractivity contribution in [3.05, 3.63) is 223 Å². The van der Waals surface area contributed by atoms with Crippen LogP contribution in [0.1, 0.15) is 25.0 Å². The highest BCUT2D eigenvalue weighted by molar-refractivity contribution is 6.22. The molecule has 0 fully saturated rings. The number of nitrogens with zero attached hydrogens (tertiary/aromatic N) is 3. The first-order valence-corrected chi connectivity index (χ1v) is 21.4. The maximum absolute atomic E-state index is 4.75. The first-order valence-electron chi connectivity index (χ1n) is 21.4. The molecule has 0 amide bonds. The molecule has 1 aromatic heterocycles. The van der Waals surface area contributed by atoms with E-state index in [4.69, 9.17) is 10.2 Å². The Morgan fingerprint density at radius 2 is 0.839 bits per heavy atom. The van der Waals surface area contributed by atoms with E-state index in [-0.39, 0.29) is 5.41 Å².